The van der Waals surface area contributed by atoms with Crippen LogP contribution in [0.3, 0.4) is 0 Å². The topological polar surface area (TPSA) is 33.7 Å². The van der Waals surface area contributed by atoms with Gasteiger partial charge in [-0.2, -0.15) is 0 Å². The van der Waals surface area contributed by atoms with Crippen LogP contribution in [0.1, 0.15) is 17.2 Å². The molecule has 1 saturated heterocycles. The van der Waals surface area contributed by atoms with Gasteiger partial charge in [0, 0.05) is 26.2 Å². The Kier molecular flexibility index (Phi) is 9.86. The van der Waals surface area contributed by atoms with Crippen LogP contribution in [-0.4, -0.2) is 37.4 Å². The Morgan fingerprint density at radius 1 is 0.697 bits per heavy atom. The Labute approximate surface area is 203 Å². The standard InChI is InChI=1S/C24H23F3N2O2.2ClH/c25-24(26,27)31-22-12-8-19(9-13-22)23(29-16-14-28-15-17-29)18-6-10-21(11-7-18)30-20-4-2-1-3-5-20;;/h1-13,23,28H,14-17H2;2*1H/t23-;;/m1../s1. The highest BCUT2D eigenvalue weighted by Gasteiger charge is 2.31. The molecule has 0 bridgehead atoms. The molecule has 0 radical (unpaired) electrons. The predicted molar refractivity (Wildman–Crippen MR) is 127 cm³/mol. The van der Waals surface area contributed by atoms with E-state index in [0.29, 0.717) is 0 Å². The molecular weight excluding hydrogens is 476 g/mol. The van der Waals surface area contributed by atoms with Crippen LogP contribution >= 0.6 is 24.8 Å². The second-order valence-corrected chi connectivity index (χ2v) is 7.29. The van der Waals surface area contributed by atoms with Gasteiger partial charge in [-0.1, -0.05) is 42.5 Å². The van der Waals surface area contributed by atoms with Crippen molar-refractivity contribution in [1.29, 1.82) is 0 Å². The highest BCUT2D eigenvalue weighted by atomic mass is 35.5. The zero-order chi connectivity index (χ0) is 21.7. The molecule has 0 amide bonds. The van der Waals surface area contributed by atoms with Crippen molar-refractivity contribution in [1.82, 2.24) is 10.2 Å². The maximum Gasteiger partial charge on any atom is 0.573 e. The second-order valence-electron chi connectivity index (χ2n) is 7.29. The van der Waals surface area contributed by atoms with E-state index in [1.54, 1.807) is 12.1 Å². The lowest BCUT2D eigenvalue weighted by molar-refractivity contribution is -0.274. The summed E-state index contributed by atoms with van der Waals surface area (Å²) in [6.07, 6.45) is -4.70. The number of para-hydroxylation sites is 1. The molecule has 0 saturated carbocycles. The van der Waals surface area contributed by atoms with E-state index in [4.69, 9.17) is 4.74 Å². The fourth-order valence-electron chi connectivity index (χ4n) is 3.75. The van der Waals surface area contributed by atoms with Gasteiger partial charge in [-0.25, -0.2) is 0 Å². The molecule has 178 valence electrons. The molecule has 33 heavy (non-hydrogen) atoms. The first-order chi connectivity index (χ1) is 15.0. The predicted octanol–water partition coefficient (Wildman–Crippen LogP) is 6.22. The number of halogens is 5. The van der Waals surface area contributed by atoms with E-state index < -0.39 is 6.36 Å². The number of alkyl halides is 3. The van der Waals surface area contributed by atoms with Crippen LogP contribution in [0.4, 0.5) is 13.2 Å². The highest BCUT2D eigenvalue weighted by Crippen LogP contribution is 2.33. The largest absolute Gasteiger partial charge is 0.573 e. The van der Waals surface area contributed by atoms with Gasteiger partial charge in [0.05, 0.1) is 6.04 Å². The molecule has 1 aliphatic heterocycles. The summed E-state index contributed by atoms with van der Waals surface area (Å²) >= 11 is 0. The van der Waals surface area contributed by atoms with E-state index in [0.717, 1.165) is 48.8 Å². The van der Waals surface area contributed by atoms with Crippen molar-refractivity contribution in [3.63, 3.8) is 0 Å². The summed E-state index contributed by atoms with van der Waals surface area (Å²) in [6, 6.07) is 23.4. The van der Waals surface area contributed by atoms with Gasteiger partial charge in [0.1, 0.15) is 17.2 Å². The molecule has 3 aromatic carbocycles. The van der Waals surface area contributed by atoms with Crippen molar-refractivity contribution in [2.24, 2.45) is 0 Å². The van der Waals surface area contributed by atoms with Crippen LogP contribution in [0.15, 0.2) is 78.9 Å². The van der Waals surface area contributed by atoms with Gasteiger partial charge in [0.15, 0.2) is 0 Å². The molecule has 0 unspecified atom stereocenters. The zero-order valence-electron chi connectivity index (χ0n) is 17.6. The van der Waals surface area contributed by atoms with E-state index >= 15 is 0 Å². The minimum Gasteiger partial charge on any atom is -0.457 e. The van der Waals surface area contributed by atoms with Gasteiger partial charge >= 0.3 is 6.36 Å². The maximum atomic E-state index is 12.5. The number of ether oxygens (including phenoxy) is 2. The molecule has 1 fully saturated rings. The van der Waals surface area contributed by atoms with Crippen LogP contribution in [0.25, 0.3) is 0 Å². The normalized spacial score (nSPS) is 15.0. The van der Waals surface area contributed by atoms with Crippen molar-refractivity contribution in [3.8, 4) is 17.2 Å². The van der Waals surface area contributed by atoms with Crippen molar-refractivity contribution >= 4 is 24.8 Å². The summed E-state index contributed by atoms with van der Waals surface area (Å²) in [5.74, 6) is 1.26. The lowest BCUT2D eigenvalue weighted by Gasteiger charge is -2.35. The Morgan fingerprint density at radius 2 is 1.18 bits per heavy atom. The third-order valence-electron chi connectivity index (χ3n) is 5.12. The SMILES string of the molecule is Cl.Cl.FC(F)(F)Oc1ccc([C@@H](c2ccc(Oc3ccccc3)cc2)N2CCNCC2)cc1. The second kappa shape index (κ2) is 12.1. The molecule has 1 heterocycles. The smallest absolute Gasteiger partial charge is 0.457 e. The Bertz CT molecular complexity index is 966. The van der Waals surface area contributed by atoms with E-state index in [9.17, 15) is 13.2 Å². The molecule has 4 nitrogen and oxygen atoms in total. The Hall–Kier alpha value is -2.45. The van der Waals surface area contributed by atoms with Crippen molar-refractivity contribution in [2.45, 2.75) is 12.4 Å². The summed E-state index contributed by atoms with van der Waals surface area (Å²) in [4.78, 5) is 2.32. The molecule has 1 N–H and O–H groups in total. The number of hydrogen-bond donors (Lipinski definition) is 1. The fraction of sp³-hybridized carbons (Fsp3) is 0.250. The van der Waals surface area contributed by atoms with Crippen LogP contribution in [0.5, 0.6) is 17.2 Å². The van der Waals surface area contributed by atoms with Crippen LogP contribution in [-0.2, 0) is 0 Å². The molecule has 1 aliphatic rings. The number of hydrogen-bond acceptors (Lipinski definition) is 4. The van der Waals surface area contributed by atoms with Crippen molar-refractivity contribution in [3.05, 3.63) is 90.0 Å². The third-order valence-corrected chi connectivity index (χ3v) is 5.12. The number of nitrogens with zero attached hydrogens (tertiary/aromatic N) is 1. The lowest BCUT2D eigenvalue weighted by Crippen LogP contribution is -2.45. The van der Waals surface area contributed by atoms with Crippen LogP contribution in [0, 0.1) is 0 Å². The molecule has 1 atom stereocenters. The Balaban J connectivity index is 0.00000193. The first-order valence-electron chi connectivity index (χ1n) is 10.1. The number of benzene rings is 3. The summed E-state index contributed by atoms with van der Waals surface area (Å²) in [5.41, 5.74) is 1.96. The molecular formula is C24H25Cl2F3N2O2. The average Bonchev–Trinajstić information content (AvgIpc) is 2.77. The summed E-state index contributed by atoms with van der Waals surface area (Å²) in [6.45, 7) is 3.41. The van der Waals surface area contributed by atoms with Crippen molar-refractivity contribution < 1.29 is 22.6 Å². The monoisotopic (exact) mass is 500 g/mol. The van der Waals surface area contributed by atoms with Crippen molar-refractivity contribution in [2.75, 3.05) is 26.2 Å². The quantitative estimate of drug-likeness (QED) is 0.435. The van der Waals surface area contributed by atoms with Gasteiger partial charge in [0.25, 0.3) is 0 Å². The van der Waals surface area contributed by atoms with Gasteiger partial charge in [-0.3, -0.25) is 4.90 Å². The minimum absolute atomic E-state index is 0. The molecule has 3 aromatic rings. The van der Waals surface area contributed by atoms with E-state index in [1.165, 1.54) is 12.1 Å². The van der Waals surface area contributed by atoms with Crippen LogP contribution in [0.2, 0.25) is 0 Å². The van der Waals surface area contributed by atoms with Gasteiger partial charge < -0.3 is 14.8 Å². The van der Waals surface area contributed by atoms with Gasteiger partial charge in [-0.15, -0.1) is 38.0 Å². The highest BCUT2D eigenvalue weighted by molar-refractivity contribution is 5.85. The summed E-state index contributed by atoms with van der Waals surface area (Å²) < 4.78 is 47.4. The van der Waals surface area contributed by atoms with E-state index in [-0.39, 0.29) is 36.6 Å². The fourth-order valence-corrected chi connectivity index (χ4v) is 3.75. The zero-order valence-corrected chi connectivity index (χ0v) is 19.3. The first-order valence-corrected chi connectivity index (χ1v) is 10.1. The summed E-state index contributed by atoms with van der Waals surface area (Å²) in [7, 11) is 0. The lowest BCUT2D eigenvalue weighted by atomic mass is 9.96. The van der Waals surface area contributed by atoms with Crippen LogP contribution < -0.4 is 14.8 Å². The van der Waals surface area contributed by atoms with Gasteiger partial charge in [-0.05, 0) is 47.5 Å². The number of piperazine rings is 1. The number of nitrogens with one attached hydrogen (secondary N) is 1. The first kappa shape index (κ1) is 26.8. The molecule has 4 rings (SSSR count). The molecule has 0 spiro atoms. The van der Waals surface area contributed by atoms with E-state index in [1.807, 2.05) is 54.6 Å². The average molecular weight is 501 g/mol. The summed E-state index contributed by atoms with van der Waals surface area (Å²) in [5, 5.41) is 3.34. The molecule has 0 aliphatic carbocycles. The number of rotatable bonds is 6. The van der Waals surface area contributed by atoms with Gasteiger partial charge in [0.2, 0.25) is 0 Å². The molecule has 0 aromatic heterocycles. The third kappa shape index (κ3) is 7.54. The maximum absolute atomic E-state index is 12.5. The van der Waals surface area contributed by atoms with E-state index in [2.05, 4.69) is 15.0 Å². The Morgan fingerprint density at radius 3 is 1.70 bits per heavy atom. The molecule has 9 heteroatoms. The minimum atomic E-state index is -4.70.